The Labute approximate surface area is 340 Å². The minimum absolute atomic E-state index is 0.456. The summed E-state index contributed by atoms with van der Waals surface area (Å²) in [5.74, 6) is 0. The van der Waals surface area contributed by atoms with Crippen LogP contribution in [0, 0.1) is 0 Å². The molecule has 1 aliphatic rings. The first-order chi connectivity index (χ1) is 28.7. The van der Waals surface area contributed by atoms with Crippen molar-refractivity contribution in [2.45, 2.75) is 5.41 Å². The molecular formula is C55H35NOS. The van der Waals surface area contributed by atoms with E-state index in [-0.39, 0.29) is 0 Å². The van der Waals surface area contributed by atoms with Gasteiger partial charge in [-0.25, -0.2) is 0 Å². The zero-order valence-electron chi connectivity index (χ0n) is 31.5. The molecule has 0 saturated carbocycles. The molecule has 0 saturated heterocycles. The van der Waals surface area contributed by atoms with Crippen molar-refractivity contribution in [1.82, 2.24) is 0 Å². The smallest absolute Gasteiger partial charge is 0.135 e. The van der Waals surface area contributed by atoms with E-state index in [1.54, 1.807) is 0 Å². The molecular weight excluding hydrogens is 723 g/mol. The van der Waals surface area contributed by atoms with E-state index in [1.165, 1.54) is 53.6 Å². The quantitative estimate of drug-likeness (QED) is 0.168. The average Bonchev–Trinajstić information content (AvgIpc) is 3.95. The van der Waals surface area contributed by atoms with Crippen molar-refractivity contribution < 1.29 is 4.42 Å². The van der Waals surface area contributed by atoms with Crippen molar-refractivity contribution in [2.75, 3.05) is 4.90 Å². The van der Waals surface area contributed by atoms with E-state index in [4.69, 9.17) is 4.42 Å². The topological polar surface area (TPSA) is 16.4 Å². The third kappa shape index (κ3) is 4.90. The summed E-state index contributed by atoms with van der Waals surface area (Å²) in [5, 5.41) is 4.82. The third-order valence-electron chi connectivity index (χ3n) is 12.1. The lowest BCUT2D eigenvalue weighted by molar-refractivity contribution is 0.669. The highest BCUT2D eigenvalue weighted by Crippen LogP contribution is 2.57. The van der Waals surface area contributed by atoms with Gasteiger partial charge in [-0.05, 0) is 111 Å². The van der Waals surface area contributed by atoms with Crippen LogP contribution in [0.3, 0.4) is 0 Å². The van der Waals surface area contributed by atoms with Gasteiger partial charge in [-0.15, -0.1) is 11.3 Å². The van der Waals surface area contributed by atoms with E-state index >= 15 is 0 Å². The Kier molecular flexibility index (Phi) is 7.35. The fourth-order valence-electron chi connectivity index (χ4n) is 9.61. The number of benzene rings is 9. The van der Waals surface area contributed by atoms with Crippen LogP contribution in [-0.4, -0.2) is 0 Å². The van der Waals surface area contributed by atoms with Gasteiger partial charge in [0.1, 0.15) is 11.2 Å². The molecule has 58 heavy (non-hydrogen) atoms. The summed E-state index contributed by atoms with van der Waals surface area (Å²) in [7, 11) is 0. The number of para-hydroxylation sites is 1. The van der Waals surface area contributed by atoms with Gasteiger partial charge in [-0.2, -0.15) is 0 Å². The first-order valence-electron chi connectivity index (χ1n) is 19.8. The summed E-state index contributed by atoms with van der Waals surface area (Å²) in [6, 6.07) is 77.7. The predicted molar refractivity (Wildman–Crippen MR) is 244 cm³/mol. The van der Waals surface area contributed by atoms with Crippen LogP contribution in [0.4, 0.5) is 17.1 Å². The third-order valence-corrected chi connectivity index (χ3v) is 13.3. The second-order valence-electron chi connectivity index (χ2n) is 15.2. The highest BCUT2D eigenvalue weighted by molar-refractivity contribution is 7.25. The molecule has 11 aromatic rings. The monoisotopic (exact) mass is 757 g/mol. The van der Waals surface area contributed by atoms with Crippen molar-refractivity contribution in [1.29, 1.82) is 0 Å². The molecule has 2 nitrogen and oxygen atoms in total. The lowest BCUT2D eigenvalue weighted by atomic mass is 9.68. The standard InChI is InChI=1S/C55H35NOS/c1-3-15-38(16-4-1)55(39-17-5-2-6-18-39)49-23-10-7-20-43(49)46-34-41(27-29-50(46)55)56(42-28-31-54-48(35-42)45-22-9-12-25-53(45)58-54)40-19-13-14-36(32-40)37-26-30-52-47(33-37)44-21-8-11-24-51(44)57-52/h1-35H. The van der Waals surface area contributed by atoms with Crippen LogP contribution in [-0.2, 0) is 5.41 Å². The molecule has 9 aromatic carbocycles. The molecule has 0 amide bonds. The lowest BCUT2D eigenvalue weighted by Gasteiger charge is -2.34. The highest BCUT2D eigenvalue weighted by atomic mass is 32.1. The maximum absolute atomic E-state index is 6.21. The van der Waals surface area contributed by atoms with Gasteiger partial charge in [0.05, 0.1) is 5.41 Å². The summed E-state index contributed by atoms with van der Waals surface area (Å²) < 4.78 is 8.80. The first-order valence-corrected chi connectivity index (χ1v) is 20.6. The van der Waals surface area contributed by atoms with Crippen LogP contribution >= 0.6 is 11.3 Å². The number of fused-ring (bicyclic) bond motifs is 9. The van der Waals surface area contributed by atoms with E-state index in [9.17, 15) is 0 Å². The molecule has 0 bridgehead atoms. The summed E-state index contributed by atoms with van der Waals surface area (Å²) in [6.07, 6.45) is 0. The molecule has 0 N–H and O–H groups in total. The lowest BCUT2D eigenvalue weighted by Crippen LogP contribution is -2.28. The molecule has 3 heteroatoms. The molecule has 0 aliphatic heterocycles. The second kappa shape index (κ2) is 12.9. The van der Waals surface area contributed by atoms with Crippen molar-refractivity contribution in [3.8, 4) is 22.3 Å². The summed E-state index contributed by atoms with van der Waals surface area (Å²) in [5.41, 5.74) is 14.6. The molecule has 272 valence electrons. The maximum atomic E-state index is 6.21. The van der Waals surface area contributed by atoms with Crippen molar-refractivity contribution in [3.63, 3.8) is 0 Å². The molecule has 0 spiro atoms. The number of hydrogen-bond donors (Lipinski definition) is 0. The Morgan fingerprint density at radius 3 is 1.83 bits per heavy atom. The van der Waals surface area contributed by atoms with Gasteiger partial charge in [0.2, 0.25) is 0 Å². The fourth-order valence-corrected chi connectivity index (χ4v) is 10.7. The first kappa shape index (κ1) is 33.0. The molecule has 12 rings (SSSR count). The van der Waals surface area contributed by atoms with Gasteiger partial charge < -0.3 is 9.32 Å². The van der Waals surface area contributed by atoms with Gasteiger partial charge in [-0.1, -0.05) is 146 Å². The Balaban J connectivity index is 1.08. The number of nitrogens with zero attached hydrogens (tertiary/aromatic N) is 1. The van der Waals surface area contributed by atoms with Gasteiger partial charge in [0.15, 0.2) is 0 Å². The molecule has 0 fully saturated rings. The Morgan fingerprint density at radius 1 is 0.362 bits per heavy atom. The normalized spacial score (nSPS) is 13.0. The van der Waals surface area contributed by atoms with Crippen molar-refractivity contribution in [2.24, 2.45) is 0 Å². The van der Waals surface area contributed by atoms with Crippen molar-refractivity contribution in [3.05, 3.63) is 235 Å². The molecule has 0 atom stereocenters. The largest absolute Gasteiger partial charge is 0.456 e. The van der Waals surface area contributed by atoms with Gasteiger partial charge >= 0.3 is 0 Å². The van der Waals surface area contributed by atoms with Crippen LogP contribution in [0.2, 0.25) is 0 Å². The molecule has 0 radical (unpaired) electrons. The number of anilines is 3. The molecule has 2 heterocycles. The zero-order chi connectivity index (χ0) is 38.2. The van der Waals surface area contributed by atoms with E-state index in [0.29, 0.717) is 0 Å². The summed E-state index contributed by atoms with van der Waals surface area (Å²) in [6.45, 7) is 0. The van der Waals surface area contributed by atoms with E-state index in [2.05, 4.69) is 205 Å². The predicted octanol–water partition coefficient (Wildman–Crippen LogP) is 15.5. The summed E-state index contributed by atoms with van der Waals surface area (Å²) >= 11 is 1.85. The number of rotatable bonds is 6. The Bertz CT molecular complexity index is 3320. The maximum Gasteiger partial charge on any atom is 0.135 e. The van der Waals surface area contributed by atoms with E-state index in [1.807, 2.05) is 23.5 Å². The number of hydrogen-bond acceptors (Lipinski definition) is 3. The fraction of sp³-hybridized carbons (Fsp3) is 0.0182. The van der Waals surface area contributed by atoms with Crippen LogP contribution in [0.1, 0.15) is 22.3 Å². The van der Waals surface area contributed by atoms with Crippen LogP contribution in [0.5, 0.6) is 0 Å². The summed E-state index contributed by atoms with van der Waals surface area (Å²) in [4.78, 5) is 2.44. The van der Waals surface area contributed by atoms with Crippen LogP contribution < -0.4 is 4.90 Å². The van der Waals surface area contributed by atoms with Gasteiger partial charge in [-0.3, -0.25) is 0 Å². The van der Waals surface area contributed by atoms with Crippen molar-refractivity contribution >= 4 is 70.5 Å². The second-order valence-corrected chi connectivity index (χ2v) is 16.3. The molecule has 0 unspecified atom stereocenters. The van der Waals surface area contributed by atoms with Gasteiger partial charge in [0, 0.05) is 48.0 Å². The zero-order valence-corrected chi connectivity index (χ0v) is 32.3. The van der Waals surface area contributed by atoms with E-state index in [0.717, 1.165) is 50.1 Å². The van der Waals surface area contributed by atoms with Crippen LogP contribution in [0.15, 0.2) is 217 Å². The molecule has 1 aliphatic carbocycles. The van der Waals surface area contributed by atoms with Crippen LogP contribution in [0.25, 0.3) is 64.4 Å². The minimum atomic E-state index is -0.456. The minimum Gasteiger partial charge on any atom is -0.456 e. The Hall–Kier alpha value is -7.20. The number of thiophene rings is 1. The number of furan rings is 1. The SMILES string of the molecule is c1ccc(C2(c3ccccc3)c3ccccc3-c3cc(N(c4cccc(-c5ccc6oc7ccccc7c6c5)c4)c4ccc5sc6ccccc6c5c4)ccc32)cc1. The van der Waals surface area contributed by atoms with Gasteiger partial charge in [0.25, 0.3) is 0 Å². The Morgan fingerprint density at radius 2 is 0.983 bits per heavy atom. The molecule has 2 aromatic heterocycles. The van der Waals surface area contributed by atoms with E-state index < -0.39 is 5.41 Å². The average molecular weight is 758 g/mol. The highest BCUT2D eigenvalue weighted by Gasteiger charge is 2.46.